The zero-order chi connectivity index (χ0) is 56.2. The number of esters is 8. The Hall–Kier alpha value is -4.86. The molecule has 2 heterocycles. The maximum Gasteiger partial charge on any atom is 0.342 e. The summed E-state index contributed by atoms with van der Waals surface area (Å²) in [7, 11) is 2.72. The van der Waals surface area contributed by atoms with Crippen molar-refractivity contribution in [3.05, 3.63) is 54.7 Å². The molecule has 2 aliphatic rings. The summed E-state index contributed by atoms with van der Waals surface area (Å²) >= 11 is 4.07. The quantitative estimate of drug-likeness (QED) is 0.0629. The summed E-state index contributed by atoms with van der Waals surface area (Å²) in [6, 6.07) is 9.40. The highest BCUT2D eigenvalue weighted by molar-refractivity contribution is 14.1. The lowest BCUT2D eigenvalue weighted by molar-refractivity contribution is -0.385. The molecule has 2 fully saturated rings. The van der Waals surface area contributed by atoms with Crippen LogP contribution in [0, 0.1) is 42.6 Å². The topological polar surface area (TPSA) is 257 Å². The van der Waals surface area contributed by atoms with Gasteiger partial charge < -0.3 is 61.6 Å². The van der Waals surface area contributed by atoms with Crippen LogP contribution in [0.2, 0.25) is 0 Å². The maximum atomic E-state index is 13.9. The molecule has 9 atom stereocenters. The van der Waals surface area contributed by atoms with E-state index in [9.17, 15) is 38.4 Å². The monoisotopic (exact) mass is 1280 g/mol. The minimum atomic E-state index is -2.67. The van der Waals surface area contributed by atoms with Gasteiger partial charge in [0.05, 0.1) is 49.7 Å². The summed E-state index contributed by atoms with van der Waals surface area (Å²) in [5, 5.41) is 0. The van der Waals surface area contributed by atoms with Gasteiger partial charge in [-0.1, -0.05) is 83.1 Å². The molecule has 0 unspecified atom stereocenters. The Morgan fingerprint density at radius 2 is 0.880 bits per heavy atom. The minimum absolute atomic E-state index is 0.00180. The van der Waals surface area contributed by atoms with Gasteiger partial charge in [-0.2, -0.15) is 0 Å². The Balaban J connectivity index is 2.03. The fourth-order valence-electron chi connectivity index (χ4n) is 7.03. The van der Waals surface area contributed by atoms with Crippen LogP contribution in [0.25, 0.3) is 0 Å². The smallest absolute Gasteiger partial charge is 0.342 e. The van der Waals surface area contributed by atoms with Gasteiger partial charge in [-0.3, -0.25) is 28.8 Å². The van der Waals surface area contributed by atoms with Crippen LogP contribution in [0.4, 0.5) is 0 Å². The van der Waals surface area contributed by atoms with Gasteiger partial charge in [0.2, 0.25) is 12.1 Å². The van der Waals surface area contributed by atoms with Crippen LogP contribution >= 0.6 is 45.2 Å². The van der Waals surface area contributed by atoms with E-state index in [1.807, 2.05) is 45.2 Å². The second-order valence-corrected chi connectivity index (χ2v) is 22.0. The molecule has 0 amide bonds. The number of benzene rings is 2. The first-order valence-corrected chi connectivity index (χ1v) is 26.5. The van der Waals surface area contributed by atoms with Crippen molar-refractivity contribution >= 4 is 92.9 Å². The lowest BCUT2D eigenvalue weighted by Gasteiger charge is -2.47. The highest BCUT2D eigenvalue weighted by atomic mass is 127. The van der Waals surface area contributed by atoms with E-state index in [1.165, 1.54) is 109 Å². The predicted molar refractivity (Wildman–Crippen MR) is 279 cm³/mol. The zero-order valence-corrected chi connectivity index (χ0v) is 48.8. The van der Waals surface area contributed by atoms with Gasteiger partial charge in [0.25, 0.3) is 0 Å². The van der Waals surface area contributed by atoms with E-state index >= 15 is 0 Å². The molecule has 2 aromatic carbocycles. The van der Waals surface area contributed by atoms with Crippen molar-refractivity contribution in [1.82, 2.24) is 0 Å². The molecule has 23 heteroatoms. The van der Waals surface area contributed by atoms with E-state index in [0.717, 1.165) is 7.14 Å². The van der Waals surface area contributed by atoms with E-state index in [4.69, 9.17) is 61.6 Å². The maximum absolute atomic E-state index is 13.9. The molecule has 75 heavy (non-hydrogen) atoms. The van der Waals surface area contributed by atoms with Gasteiger partial charge in [0, 0.05) is 7.14 Å². The molecular weight excluding hydrogens is 1210 g/mol. The Bertz CT molecular complexity index is 2370. The van der Waals surface area contributed by atoms with E-state index < -0.39 is 158 Å². The van der Waals surface area contributed by atoms with Crippen molar-refractivity contribution < 1.29 is 99.9 Å². The summed E-state index contributed by atoms with van der Waals surface area (Å²) in [5.41, 5.74) is 0.00758. The highest BCUT2D eigenvalue weighted by Gasteiger charge is 2.65. The molecule has 21 nitrogen and oxygen atoms in total. The van der Waals surface area contributed by atoms with Crippen molar-refractivity contribution in [2.24, 2.45) is 35.5 Å². The fraction of sp³-hybridized carbons (Fsp3) is 0.615. The summed E-state index contributed by atoms with van der Waals surface area (Å²) in [4.78, 5) is 110. The highest BCUT2D eigenvalue weighted by Crippen LogP contribution is 2.43. The van der Waals surface area contributed by atoms with E-state index in [0.29, 0.717) is 0 Å². The summed E-state index contributed by atoms with van der Waals surface area (Å²) < 4.78 is 80.2. The molecule has 416 valence electrons. The minimum Gasteiger partial charge on any atom is -0.496 e. The number of rotatable bonds is 23. The van der Waals surface area contributed by atoms with E-state index in [2.05, 4.69) is 0 Å². The Morgan fingerprint density at radius 3 is 1.31 bits per heavy atom. The molecule has 0 saturated carbocycles. The van der Waals surface area contributed by atoms with Crippen molar-refractivity contribution in [3.63, 3.8) is 0 Å². The number of hydrogen-bond acceptors (Lipinski definition) is 21. The van der Waals surface area contributed by atoms with Crippen LogP contribution in [0.5, 0.6) is 11.5 Å². The first-order valence-electron chi connectivity index (χ1n) is 24.4. The lowest BCUT2D eigenvalue weighted by Crippen LogP contribution is -2.66. The van der Waals surface area contributed by atoms with Crippen molar-refractivity contribution in [2.45, 2.75) is 138 Å². The summed E-state index contributed by atoms with van der Waals surface area (Å²) in [5.74, 6) is -14.2. The van der Waals surface area contributed by atoms with Crippen LogP contribution in [-0.4, -0.2) is 137 Å². The van der Waals surface area contributed by atoms with Gasteiger partial charge >= 0.3 is 47.8 Å². The third-order valence-electron chi connectivity index (χ3n) is 11.4. The predicted octanol–water partition coefficient (Wildman–Crippen LogP) is 6.80. The second kappa shape index (κ2) is 28.0. The number of ether oxygens (including phenoxy) is 13. The van der Waals surface area contributed by atoms with Crippen molar-refractivity contribution in [1.29, 1.82) is 0 Å². The Morgan fingerprint density at radius 1 is 0.493 bits per heavy atom. The van der Waals surface area contributed by atoms with Gasteiger partial charge in [0.1, 0.15) is 54.7 Å². The third kappa shape index (κ3) is 16.6. The molecule has 2 aliphatic heterocycles. The molecule has 0 N–H and O–H groups in total. The van der Waals surface area contributed by atoms with Crippen LogP contribution in [0.3, 0.4) is 0 Å². The van der Waals surface area contributed by atoms with Gasteiger partial charge in [-0.15, -0.1) is 0 Å². The molecule has 0 bridgehead atoms. The number of carbonyl (C=O) groups excluding carboxylic acids is 8. The Labute approximate surface area is 463 Å². The largest absolute Gasteiger partial charge is 0.496 e. The molecule has 4 rings (SSSR count). The van der Waals surface area contributed by atoms with Crippen molar-refractivity contribution in [2.75, 3.05) is 34.0 Å². The standard InChI is InChI=1S/C52H68I2O21/c1-24(2)43(55)67-23-52(42(73-48(60)29(11)12)39(70-45(57)26(5)6)37(74-52)22-66-50(62)33-18-16-31(54)20-35(33)64-14)75-51-41(72-47(59)28(9)10)40(71-46(58)27(7)8)38(69-44(56)25(3)4)36(68-51)21-65-49(61)32-17-15-30(53)19-34(32)63-13/h15-20,24-29,36-42,51H,21-23H2,1-14H3/t36-,37-,38-,39-,40+,41-,42+,51-,52+/m1/s1. The molecule has 0 spiro atoms. The summed E-state index contributed by atoms with van der Waals surface area (Å²) in [6.07, 6.45) is -14.5. The first kappa shape index (κ1) is 62.7. The van der Waals surface area contributed by atoms with E-state index in [-0.39, 0.29) is 22.6 Å². The van der Waals surface area contributed by atoms with Crippen LogP contribution in [0.1, 0.15) is 104 Å². The van der Waals surface area contributed by atoms with Crippen LogP contribution in [0.15, 0.2) is 36.4 Å². The first-order chi connectivity index (χ1) is 35.1. The number of hydrogen-bond donors (Lipinski definition) is 0. The third-order valence-corrected chi connectivity index (χ3v) is 12.7. The van der Waals surface area contributed by atoms with Gasteiger partial charge in [0.15, 0.2) is 30.5 Å². The zero-order valence-electron chi connectivity index (χ0n) is 44.5. The average Bonchev–Trinajstić information content (AvgIpc) is 3.62. The van der Waals surface area contributed by atoms with Crippen LogP contribution < -0.4 is 9.47 Å². The number of methoxy groups -OCH3 is 2. The molecule has 0 radical (unpaired) electrons. The van der Waals surface area contributed by atoms with Gasteiger partial charge in [-0.05, 0) is 81.6 Å². The molecule has 2 saturated heterocycles. The lowest BCUT2D eigenvalue weighted by atomic mass is 9.96. The summed E-state index contributed by atoms with van der Waals surface area (Å²) in [6.45, 7) is 15.8. The number of halogens is 2. The van der Waals surface area contributed by atoms with Crippen molar-refractivity contribution in [3.8, 4) is 11.5 Å². The molecular formula is C52H68I2O21. The fourth-order valence-corrected chi connectivity index (χ4v) is 7.95. The molecule has 0 aliphatic carbocycles. The second-order valence-electron chi connectivity index (χ2n) is 19.5. The Kier molecular flexibility index (Phi) is 23.4. The average molecular weight is 1280 g/mol. The van der Waals surface area contributed by atoms with Gasteiger partial charge in [-0.25, -0.2) is 9.59 Å². The SMILES string of the molecule is COc1cc(I)ccc1C(=O)OC[C@H]1O[C@@](COC(=O)C(C)C)(O[C@H]2O[C@H](COC(=O)c3ccc(I)cc3OC)[C@@H](OC(=O)C(C)C)[C@H](OC(=O)C(C)C)[C@H]2OC(=O)C(C)C)[C@@H](OC(=O)C(C)C)[C@@H]1OC(=O)C(C)C. The molecule has 0 aromatic heterocycles. The molecule has 2 aromatic rings. The van der Waals surface area contributed by atoms with E-state index in [1.54, 1.807) is 24.3 Å². The van der Waals surface area contributed by atoms with Crippen LogP contribution in [-0.2, 0) is 80.9 Å². The normalized spacial score (nSPS) is 23.4. The number of carbonyl (C=O) groups is 8.